The maximum absolute atomic E-state index is 11.3. The molecule has 18 heavy (non-hydrogen) atoms. The first-order valence-electron chi connectivity index (χ1n) is 6.28. The third-order valence-corrected chi connectivity index (χ3v) is 2.89. The Morgan fingerprint density at radius 2 is 2.06 bits per heavy atom. The van der Waals surface area contributed by atoms with E-state index in [0.717, 1.165) is 12.4 Å². The number of hydrogen-bond acceptors (Lipinski definition) is 4. The Morgan fingerprint density at radius 3 is 2.61 bits per heavy atom. The van der Waals surface area contributed by atoms with Gasteiger partial charge in [0.2, 0.25) is 0 Å². The highest BCUT2D eigenvalue weighted by molar-refractivity contribution is 5.76. The van der Waals surface area contributed by atoms with Crippen LogP contribution in [-0.2, 0) is 9.53 Å². The van der Waals surface area contributed by atoms with Gasteiger partial charge in [0.15, 0.2) is 6.10 Å². The lowest BCUT2D eigenvalue weighted by Crippen LogP contribution is -2.15. The van der Waals surface area contributed by atoms with Gasteiger partial charge in [-0.1, -0.05) is 12.1 Å². The lowest BCUT2D eigenvalue weighted by atomic mass is 10.1. The van der Waals surface area contributed by atoms with Crippen LogP contribution in [0.25, 0.3) is 0 Å². The first-order valence-corrected chi connectivity index (χ1v) is 6.28. The molecule has 1 aliphatic rings. The minimum atomic E-state index is -1.22. The van der Waals surface area contributed by atoms with E-state index in [1.807, 2.05) is 0 Å². The molecule has 1 unspecified atom stereocenters. The first-order chi connectivity index (χ1) is 8.70. The fourth-order valence-corrected chi connectivity index (χ4v) is 1.60. The molecule has 1 atom stereocenters. The van der Waals surface area contributed by atoms with E-state index in [1.54, 1.807) is 31.2 Å². The second kappa shape index (κ2) is 5.87. The van der Waals surface area contributed by atoms with Crippen LogP contribution in [-0.4, -0.2) is 24.3 Å². The van der Waals surface area contributed by atoms with E-state index in [4.69, 9.17) is 9.47 Å². The minimum Gasteiger partial charge on any atom is -0.493 e. The average Bonchev–Trinajstić information content (AvgIpc) is 3.20. The minimum absolute atomic E-state index is 0.262. The number of hydrogen-bond donors (Lipinski definition) is 1. The molecule has 0 aliphatic heterocycles. The predicted molar refractivity (Wildman–Crippen MR) is 66.3 cm³/mol. The standard InChI is InChI=1S/C14H18O4/c1-2-17-14(16)13(15)11-5-7-12(8-6-11)18-9-10-3-4-10/h5-8,10,13,15H,2-4,9H2,1H3. The van der Waals surface area contributed by atoms with Gasteiger partial charge in [-0.15, -0.1) is 0 Å². The van der Waals surface area contributed by atoms with E-state index in [1.165, 1.54) is 12.8 Å². The molecule has 1 saturated carbocycles. The smallest absolute Gasteiger partial charge is 0.339 e. The van der Waals surface area contributed by atoms with Gasteiger partial charge in [0, 0.05) is 0 Å². The maximum Gasteiger partial charge on any atom is 0.339 e. The fraction of sp³-hybridized carbons (Fsp3) is 0.500. The summed E-state index contributed by atoms with van der Waals surface area (Å²) < 4.78 is 10.3. The molecule has 1 N–H and O–H groups in total. The molecule has 0 radical (unpaired) electrons. The summed E-state index contributed by atoms with van der Waals surface area (Å²) in [4.78, 5) is 11.3. The van der Waals surface area contributed by atoms with E-state index < -0.39 is 12.1 Å². The Morgan fingerprint density at radius 1 is 1.39 bits per heavy atom. The van der Waals surface area contributed by atoms with Crippen molar-refractivity contribution in [3.05, 3.63) is 29.8 Å². The summed E-state index contributed by atoms with van der Waals surface area (Å²) in [5, 5.41) is 9.72. The molecule has 0 spiro atoms. The van der Waals surface area contributed by atoms with Crippen molar-refractivity contribution in [1.29, 1.82) is 0 Å². The number of esters is 1. The lowest BCUT2D eigenvalue weighted by molar-refractivity contribution is -0.153. The molecule has 0 bridgehead atoms. The van der Waals surface area contributed by atoms with Gasteiger partial charge in [-0.05, 0) is 43.4 Å². The van der Waals surface area contributed by atoms with E-state index >= 15 is 0 Å². The van der Waals surface area contributed by atoms with Crippen molar-refractivity contribution in [3.63, 3.8) is 0 Å². The van der Waals surface area contributed by atoms with Gasteiger partial charge in [0.1, 0.15) is 5.75 Å². The zero-order valence-electron chi connectivity index (χ0n) is 10.5. The highest BCUT2D eigenvalue weighted by Gasteiger charge is 2.22. The van der Waals surface area contributed by atoms with Crippen LogP contribution < -0.4 is 4.74 Å². The first kappa shape index (κ1) is 12.9. The van der Waals surface area contributed by atoms with Crippen LogP contribution >= 0.6 is 0 Å². The number of aliphatic hydroxyl groups excluding tert-OH is 1. The third-order valence-electron chi connectivity index (χ3n) is 2.89. The Labute approximate surface area is 107 Å². The number of benzene rings is 1. The average molecular weight is 250 g/mol. The third kappa shape index (κ3) is 3.47. The monoisotopic (exact) mass is 250 g/mol. The van der Waals surface area contributed by atoms with Gasteiger partial charge >= 0.3 is 5.97 Å². The number of rotatable bonds is 6. The summed E-state index contributed by atoms with van der Waals surface area (Å²) >= 11 is 0. The fourth-order valence-electron chi connectivity index (χ4n) is 1.60. The summed E-state index contributed by atoms with van der Waals surface area (Å²) in [7, 11) is 0. The predicted octanol–water partition coefficient (Wildman–Crippen LogP) is 2.07. The molecular weight excluding hydrogens is 232 g/mol. The molecule has 0 amide bonds. The molecule has 4 heteroatoms. The van der Waals surface area contributed by atoms with Crippen LogP contribution in [0.3, 0.4) is 0 Å². The van der Waals surface area contributed by atoms with Crippen molar-refractivity contribution in [2.24, 2.45) is 5.92 Å². The number of ether oxygens (including phenoxy) is 2. The van der Waals surface area contributed by atoms with Crippen LogP contribution in [0, 0.1) is 5.92 Å². The van der Waals surface area contributed by atoms with E-state index in [2.05, 4.69) is 0 Å². The van der Waals surface area contributed by atoms with Gasteiger partial charge in [-0.2, -0.15) is 0 Å². The van der Waals surface area contributed by atoms with Gasteiger partial charge in [0.05, 0.1) is 13.2 Å². The van der Waals surface area contributed by atoms with Crippen LogP contribution in [0.4, 0.5) is 0 Å². The van der Waals surface area contributed by atoms with Crippen LogP contribution in [0.15, 0.2) is 24.3 Å². The van der Waals surface area contributed by atoms with E-state index in [-0.39, 0.29) is 6.61 Å². The molecule has 98 valence electrons. The van der Waals surface area contributed by atoms with Gasteiger partial charge in [-0.3, -0.25) is 0 Å². The Bertz CT molecular complexity index is 395. The summed E-state index contributed by atoms with van der Waals surface area (Å²) in [6.45, 7) is 2.72. The Balaban J connectivity index is 1.90. The van der Waals surface area contributed by atoms with Crippen molar-refractivity contribution >= 4 is 5.97 Å². The molecule has 1 aromatic rings. The van der Waals surface area contributed by atoms with Crippen molar-refractivity contribution < 1.29 is 19.4 Å². The zero-order chi connectivity index (χ0) is 13.0. The molecule has 2 rings (SSSR count). The summed E-state index contributed by atoms with van der Waals surface area (Å²) in [5.41, 5.74) is 0.521. The summed E-state index contributed by atoms with van der Waals surface area (Å²) in [5.74, 6) is 0.848. The van der Waals surface area contributed by atoms with E-state index in [0.29, 0.717) is 11.5 Å². The summed E-state index contributed by atoms with van der Waals surface area (Å²) in [6, 6.07) is 6.90. The molecule has 0 saturated heterocycles. The van der Waals surface area contributed by atoms with Crippen LogP contribution in [0.1, 0.15) is 31.4 Å². The number of aliphatic hydroxyl groups is 1. The number of carbonyl (C=O) groups excluding carboxylic acids is 1. The molecule has 0 heterocycles. The molecule has 1 aromatic carbocycles. The SMILES string of the molecule is CCOC(=O)C(O)c1ccc(OCC2CC2)cc1. The van der Waals surface area contributed by atoms with Gasteiger partial charge in [-0.25, -0.2) is 4.79 Å². The normalized spacial score (nSPS) is 16.1. The highest BCUT2D eigenvalue weighted by Crippen LogP contribution is 2.29. The second-order valence-corrected chi connectivity index (χ2v) is 4.48. The Hall–Kier alpha value is -1.55. The highest BCUT2D eigenvalue weighted by atomic mass is 16.5. The molecule has 1 fully saturated rings. The molecular formula is C14H18O4. The topological polar surface area (TPSA) is 55.8 Å². The van der Waals surface area contributed by atoms with Crippen molar-refractivity contribution in [2.75, 3.05) is 13.2 Å². The largest absolute Gasteiger partial charge is 0.493 e. The van der Waals surface area contributed by atoms with Crippen molar-refractivity contribution in [1.82, 2.24) is 0 Å². The van der Waals surface area contributed by atoms with Crippen molar-refractivity contribution in [3.8, 4) is 5.75 Å². The van der Waals surface area contributed by atoms with Crippen molar-refractivity contribution in [2.45, 2.75) is 25.9 Å². The molecule has 4 nitrogen and oxygen atoms in total. The Kier molecular flexibility index (Phi) is 4.20. The lowest BCUT2D eigenvalue weighted by Gasteiger charge is -2.11. The van der Waals surface area contributed by atoms with Crippen LogP contribution in [0.2, 0.25) is 0 Å². The second-order valence-electron chi connectivity index (χ2n) is 4.48. The molecule has 0 aromatic heterocycles. The zero-order valence-corrected chi connectivity index (χ0v) is 10.5. The quantitative estimate of drug-likeness (QED) is 0.785. The summed E-state index contributed by atoms with van der Waals surface area (Å²) in [6.07, 6.45) is 1.28. The maximum atomic E-state index is 11.3. The van der Waals surface area contributed by atoms with Gasteiger partial charge in [0.25, 0.3) is 0 Å². The van der Waals surface area contributed by atoms with Gasteiger partial charge < -0.3 is 14.6 Å². The number of carbonyl (C=O) groups is 1. The van der Waals surface area contributed by atoms with E-state index in [9.17, 15) is 9.90 Å². The van der Waals surface area contributed by atoms with Crippen LogP contribution in [0.5, 0.6) is 5.75 Å². The molecule has 1 aliphatic carbocycles.